The molecule has 0 saturated carbocycles. The van der Waals surface area contributed by atoms with E-state index in [2.05, 4.69) is 15.2 Å². The summed E-state index contributed by atoms with van der Waals surface area (Å²) in [6, 6.07) is -0.385. The molecule has 1 heterocycles. The second kappa shape index (κ2) is 4.45. The van der Waals surface area contributed by atoms with Gasteiger partial charge in [-0.3, -0.25) is 5.10 Å². The fraction of sp³-hybridized carbons (Fsp3) is 0.750. The van der Waals surface area contributed by atoms with Gasteiger partial charge in [-0.2, -0.15) is 5.10 Å². The Morgan fingerprint density at radius 1 is 1.50 bits per heavy atom. The first-order chi connectivity index (χ1) is 6.56. The highest BCUT2D eigenvalue weighted by Crippen LogP contribution is 2.20. The van der Waals surface area contributed by atoms with Crippen molar-refractivity contribution in [3.63, 3.8) is 0 Å². The number of nitrogens with zero attached hydrogens (tertiary/aromatic N) is 2. The predicted octanol–water partition coefficient (Wildman–Crippen LogP) is 1.79. The Hall–Kier alpha value is -1.04. The van der Waals surface area contributed by atoms with Crippen molar-refractivity contribution in [2.24, 2.45) is 11.7 Å². The molecule has 14 heavy (non-hydrogen) atoms. The topological polar surface area (TPSA) is 67.6 Å². The third-order valence-electron chi connectivity index (χ3n) is 2.28. The molecular formula is C8H14F2N4. The van der Waals surface area contributed by atoms with E-state index in [4.69, 9.17) is 5.73 Å². The van der Waals surface area contributed by atoms with Gasteiger partial charge in [-0.05, 0) is 5.92 Å². The van der Waals surface area contributed by atoms with Gasteiger partial charge in [0.25, 0.3) is 6.43 Å². The van der Waals surface area contributed by atoms with Crippen molar-refractivity contribution in [2.75, 3.05) is 0 Å². The van der Waals surface area contributed by atoms with Crippen molar-refractivity contribution in [2.45, 2.75) is 32.7 Å². The number of aromatic amines is 1. The van der Waals surface area contributed by atoms with E-state index in [0.717, 1.165) is 6.42 Å². The molecule has 0 aliphatic heterocycles. The number of alkyl halides is 2. The van der Waals surface area contributed by atoms with Crippen LogP contribution in [0.3, 0.4) is 0 Å². The second-order valence-corrected chi connectivity index (χ2v) is 3.29. The predicted molar refractivity (Wildman–Crippen MR) is 47.7 cm³/mol. The minimum absolute atomic E-state index is 0.177. The van der Waals surface area contributed by atoms with E-state index in [1.165, 1.54) is 0 Å². The van der Waals surface area contributed by atoms with E-state index in [-0.39, 0.29) is 17.8 Å². The maximum absolute atomic E-state index is 12.2. The molecule has 0 aliphatic carbocycles. The standard InChI is InChI=1S/C8H14F2N4/c1-3-4(2)5(11)7-12-8(6(9)10)14-13-7/h4-6H,3,11H2,1-2H3,(H,12,13,14)/t4-,5-/m0/s1. The minimum Gasteiger partial charge on any atom is -0.321 e. The molecule has 0 spiro atoms. The van der Waals surface area contributed by atoms with Crippen LogP contribution in [0.5, 0.6) is 0 Å². The monoisotopic (exact) mass is 204 g/mol. The first kappa shape index (κ1) is 11.0. The fourth-order valence-corrected chi connectivity index (χ4v) is 1.04. The first-order valence-corrected chi connectivity index (χ1v) is 4.52. The lowest BCUT2D eigenvalue weighted by Crippen LogP contribution is -2.20. The Kier molecular flexibility index (Phi) is 3.51. The fourth-order valence-electron chi connectivity index (χ4n) is 1.04. The zero-order valence-corrected chi connectivity index (χ0v) is 8.17. The number of halogens is 2. The maximum Gasteiger partial charge on any atom is 0.296 e. The van der Waals surface area contributed by atoms with Gasteiger partial charge < -0.3 is 5.73 Å². The van der Waals surface area contributed by atoms with E-state index in [1.54, 1.807) is 0 Å². The molecular weight excluding hydrogens is 190 g/mol. The summed E-state index contributed by atoms with van der Waals surface area (Å²) in [4.78, 5) is 3.64. The summed E-state index contributed by atoms with van der Waals surface area (Å²) >= 11 is 0. The molecule has 1 rings (SSSR count). The van der Waals surface area contributed by atoms with Crippen LogP contribution < -0.4 is 5.73 Å². The van der Waals surface area contributed by atoms with E-state index in [1.807, 2.05) is 13.8 Å². The molecule has 0 fully saturated rings. The lowest BCUT2D eigenvalue weighted by Gasteiger charge is -2.13. The van der Waals surface area contributed by atoms with Crippen LogP contribution in [0.15, 0.2) is 0 Å². The van der Waals surface area contributed by atoms with Crippen LogP contribution in [0, 0.1) is 5.92 Å². The Morgan fingerprint density at radius 2 is 2.14 bits per heavy atom. The number of nitrogens with two attached hydrogens (primary N) is 1. The van der Waals surface area contributed by atoms with Crippen LogP contribution in [-0.2, 0) is 0 Å². The number of aromatic nitrogens is 3. The summed E-state index contributed by atoms with van der Waals surface area (Å²) in [5, 5.41) is 5.84. The molecule has 3 N–H and O–H groups in total. The van der Waals surface area contributed by atoms with Crippen molar-refractivity contribution in [3.05, 3.63) is 11.6 Å². The second-order valence-electron chi connectivity index (χ2n) is 3.29. The first-order valence-electron chi connectivity index (χ1n) is 4.52. The Bertz CT molecular complexity index is 287. The number of hydrogen-bond acceptors (Lipinski definition) is 3. The lowest BCUT2D eigenvalue weighted by atomic mass is 10.00. The van der Waals surface area contributed by atoms with Crippen molar-refractivity contribution >= 4 is 0 Å². The number of H-pyrrole nitrogens is 1. The van der Waals surface area contributed by atoms with Gasteiger partial charge in [0.1, 0.15) is 0 Å². The third-order valence-corrected chi connectivity index (χ3v) is 2.28. The quantitative estimate of drug-likeness (QED) is 0.785. The molecule has 80 valence electrons. The zero-order valence-electron chi connectivity index (χ0n) is 8.17. The third kappa shape index (κ3) is 2.25. The molecule has 1 aromatic heterocycles. The summed E-state index contributed by atoms with van der Waals surface area (Å²) in [5.74, 6) is 0.0183. The van der Waals surface area contributed by atoms with Gasteiger partial charge in [0, 0.05) is 0 Å². The SMILES string of the molecule is CC[C@H](C)[C@H](N)c1n[nH]c(C(F)F)n1. The zero-order chi connectivity index (χ0) is 10.7. The summed E-state index contributed by atoms with van der Waals surface area (Å²) < 4.78 is 24.3. The minimum atomic E-state index is -2.62. The van der Waals surface area contributed by atoms with Gasteiger partial charge in [-0.15, -0.1) is 0 Å². The average Bonchev–Trinajstić information content (AvgIpc) is 2.64. The normalized spacial score (nSPS) is 15.9. The summed E-state index contributed by atoms with van der Waals surface area (Å²) in [7, 11) is 0. The maximum atomic E-state index is 12.2. The molecule has 4 nitrogen and oxygen atoms in total. The van der Waals surface area contributed by atoms with Crippen LogP contribution in [0.2, 0.25) is 0 Å². The van der Waals surface area contributed by atoms with E-state index in [0.29, 0.717) is 0 Å². The van der Waals surface area contributed by atoms with Gasteiger partial charge >= 0.3 is 0 Å². The summed E-state index contributed by atoms with van der Waals surface area (Å²) in [6.07, 6.45) is -1.76. The molecule has 0 saturated heterocycles. The van der Waals surface area contributed by atoms with Gasteiger partial charge in [-0.25, -0.2) is 13.8 Å². The van der Waals surface area contributed by atoms with Crippen molar-refractivity contribution in [1.82, 2.24) is 15.2 Å². The molecule has 0 aliphatic rings. The molecule has 0 amide bonds. The van der Waals surface area contributed by atoms with Gasteiger partial charge in [0.05, 0.1) is 6.04 Å². The average molecular weight is 204 g/mol. The van der Waals surface area contributed by atoms with Gasteiger partial charge in [0.2, 0.25) is 0 Å². The van der Waals surface area contributed by atoms with Crippen LogP contribution in [0.1, 0.15) is 44.4 Å². The molecule has 1 aromatic rings. The van der Waals surface area contributed by atoms with E-state index in [9.17, 15) is 8.78 Å². The molecule has 2 atom stereocenters. The van der Waals surface area contributed by atoms with Gasteiger partial charge in [0.15, 0.2) is 11.6 Å². The Labute approximate surface area is 80.9 Å². The summed E-state index contributed by atoms with van der Waals surface area (Å²) in [6.45, 7) is 3.91. The largest absolute Gasteiger partial charge is 0.321 e. The number of nitrogens with one attached hydrogen (secondary N) is 1. The molecule has 0 radical (unpaired) electrons. The Morgan fingerprint density at radius 3 is 2.57 bits per heavy atom. The lowest BCUT2D eigenvalue weighted by molar-refractivity contribution is 0.140. The molecule has 0 unspecified atom stereocenters. The van der Waals surface area contributed by atoms with E-state index >= 15 is 0 Å². The molecule has 0 aromatic carbocycles. The number of hydrogen-bond donors (Lipinski definition) is 2. The highest BCUT2D eigenvalue weighted by molar-refractivity contribution is 4.97. The van der Waals surface area contributed by atoms with Gasteiger partial charge in [-0.1, -0.05) is 20.3 Å². The van der Waals surface area contributed by atoms with Crippen LogP contribution in [0.25, 0.3) is 0 Å². The van der Waals surface area contributed by atoms with E-state index < -0.39 is 12.2 Å². The highest BCUT2D eigenvalue weighted by Gasteiger charge is 2.20. The van der Waals surface area contributed by atoms with Crippen LogP contribution >= 0.6 is 0 Å². The molecule has 0 bridgehead atoms. The van der Waals surface area contributed by atoms with Crippen LogP contribution in [0.4, 0.5) is 8.78 Å². The van der Waals surface area contributed by atoms with Crippen molar-refractivity contribution < 1.29 is 8.78 Å². The smallest absolute Gasteiger partial charge is 0.296 e. The Balaban J connectivity index is 2.76. The van der Waals surface area contributed by atoms with Crippen molar-refractivity contribution in [1.29, 1.82) is 0 Å². The molecule has 6 heteroatoms. The van der Waals surface area contributed by atoms with Crippen LogP contribution in [-0.4, -0.2) is 15.2 Å². The number of rotatable bonds is 4. The summed E-state index contributed by atoms with van der Waals surface area (Å²) in [5.41, 5.74) is 5.77. The van der Waals surface area contributed by atoms with Crippen molar-refractivity contribution in [3.8, 4) is 0 Å². The highest BCUT2D eigenvalue weighted by atomic mass is 19.3.